The standard InChI is InChI=1S/C21H25N3O5S/c1-23(30(2,27)28)19(16-8-4-3-5-9-16)20(25)22-18-11-7-6-10-17(18)21(26)24-12-14-29-15-13-24/h3-11,19H,12-15H2,1-2H3,(H,22,25)/t19-/m1/s1. The van der Waals surface area contributed by atoms with Crippen LogP contribution in [-0.4, -0.2) is 69.0 Å². The van der Waals surface area contributed by atoms with E-state index in [-0.39, 0.29) is 5.91 Å². The molecule has 30 heavy (non-hydrogen) atoms. The van der Waals surface area contributed by atoms with Gasteiger partial charge in [0.15, 0.2) is 0 Å². The normalized spacial score (nSPS) is 15.6. The van der Waals surface area contributed by atoms with Gasteiger partial charge in [0, 0.05) is 20.1 Å². The summed E-state index contributed by atoms with van der Waals surface area (Å²) in [4.78, 5) is 27.8. The zero-order chi connectivity index (χ0) is 21.7. The highest BCUT2D eigenvalue weighted by molar-refractivity contribution is 7.88. The summed E-state index contributed by atoms with van der Waals surface area (Å²) in [7, 11) is -2.29. The molecule has 0 aliphatic carbocycles. The van der Waals surface area contributed by atoms with E-state index in [1.54, 1.807) is 59.5 Å². The van der Waals surface area contributed by atoms with Crippen LogP contribution in [0.3, 0.4) is 0 Å². The lowest BCUT2D eigenvalue weighted by molar-refractivity contribution is -0.119. The van der Waals surface area contributed by atoms with E-state index in [1.807, 2.05) is 0 Å². The van der Waals surface area contributed by atoms with Gasteiger partial charge in [-0.2, -0.15) is 4.31 Å². The molecule has 1 heterocycles. The van der Waals surface area contributed by atoms with Gasteiger partial charge in [0.25, 0.3) is 5.91 Å². The Kier molecular flexibility index (Phi) is 6.86. The van der Waals surface area contributed by atoms with Crippen molar-refractivity contribution in [3.8, 4) is 0 Å². The predicted octanol–water partition coefficient (Wildman–Crippen LogP) is 1.73. The number of amides is 2. The van der Waals surface area contributed by atoms with Crippen molar-refractivity contribution in [3.05, 3.63) is 65.7 Å². The van der Waals surface area contributed by atoms with E-state index in [4.69, 9.17) is 4.74 Å². The smallest absolute Gasteiger partial charge is 0.256 e. The molecule has 2 aromatic carbocycles. The van der Waals surface area contributed by atoms with Gasteiger partial charge in [-0.05, 0) is 17.7 Å². The minimum atomic E-state index is -3.65. The van der Waals surface area contributed by atoms with Gasteiger partial charge < -0.3 is 15.0 Å². The quantitative estimate of drug-likeness (QED) is 0.752. The van der Waals surface area contributed by atoms with Crippen molar-refractivity contribution in [2.24, 2.45) is 0 Å². The number of hydrogen-bond donors (Lipinski definition) is 1. The number of para-hydroxylation sites is 1. The number of nitrogens with one attached hydrogen (secondary N) is 1. The lowest BCUT2D eigenvalue weighted by Gasteiger charge is -2.28. The molecule has 1 N–H and O–H groups in total. The number of carbonyl (C=O) groups excluding carboxylic acids is 2. The second-order valence-corrected chi connectivity index (χ2v) is 9.07. The summed E-state index contributed by atoms with van der Waals surface area (Å²) in [6.45, 7) is 1.89. The first-order chi connectivity index (χ1) is 14.3. The molecule has 0 aromatic heterocycles. The Morgan fingerprint density at radius 2 is 1.63 bits per heavy atom. The predicted molar refractivity (Wildman–Crippen MR) is 114 cm³/mol. The van der Waals surface area contributed by atoms with Crippen molar-refractivity contribution in [3.63, 3.8) is 0 Å². The third kappa shape index (κ3) is 5.05. The fourth-order valence-corrected chi connectivity index (χ4v) is 3.87. The molecule has 0 unspecified atom stereocenters. The van der Waals surface area contributed by atoms with E-state index < -0.39 is 22.0 Å². The highest BCUT2D eigenvalue weighted by Crippen LogP contribution is 2.25. The van der Waals surface area contributed by atoms with Gasteiger partial charge in [0.1, 0.15) is 6.04 Å². The zero-order valence-corrected chi connectivity index (χ0v) is 17.8. The maximum absolute atomic E-state index is 13.2. The average molecular weight is 432 g/mol. The van der Waals surface area contributed by atoms with Crippen molar-refractivity contribution >= 4 is 27.5 Å². The molecule has 160 valence electrons. The van der Waals surface area contributed by atoms with Gasteiger partial charge in [-0.25, -0.2) is 8.42 Å². The number of benzene rings is 2. The minimum Gasteiger partial charge on any atom is -0.378 e. The fourth-order valence-electron chi connectivity index (χ4n) is 3.27. The molecular weight excluding hydrogens is 406 g/mol. The van der Waals surface area contributed by atoms with Crippen molar-refractivity contribution in [1.82, 2.24) is 9.21 Å². The molecule has 3 rings (SSSR count). The number of hydrogen-bond acceptors (Lipinski definition) is 5. The number of morpholine rings is 1. The summed E-state index contributed by atoms with van der Waals surface area (Å²) in [5.74, 6) is -0.752. The maximum Gasteiger partial charge on any atom is 0.256 e. The molecule has 0 bridgehead atoms. The molecule has 1 atom stereocenters. The second-order valence-electron chi connectivity index (χ2n) is 7.03. The molecule has 1 aliphatic heterocycles. The van der Waals surface area contributed by atoms with Crippen LogP contribution in [0.15, 0.2) is 54.6 Å². The third-order valence-corrected chi connectivity index (χ3v) is 6.22. The second kappa shape index (κ2) is 9.38. The largest absolute Gasteiger partial charge is 0.378 e. The van der Waals surface area contributed by atoms with Crippen LogP contribution < -0.4 is 5.32 Å². The van der Waals surface area contributed by atoms with Crippen LogP contribution in [0.4, 0.5) is 5.69 Å². The first-order valence-electron chi connectivity index (χ1n) is 9.54. The molecule has 2 amide bonds. The molecule has 0 radical (unpaired) electrons. The van der Waals surface area contributed by atoms with Crippen LogP contribution in [-0.2, 0) is 19.6 Å². The van der Waals surface area contributed by atoms with Crippen molar-refractivity contribution < 1.29 is 22.7 Å². The van der Waals surface area contributed by atoms with E-state index in [1.165, 1.54) is 7.05 Å². The number of nitrogens with zero attached hydrogens (tertiary/aromatic N) is 2. The van der Waals surface area contributed by atoms with Crippen LogP contribution in [0, 0.1) is 0 Å². The molecule has 8 nitrogen and oxygen atoms in total. The van der Waals surface area contributed by atoms with E-state index >= 15 is 0 Å². The summed E-state index contributed by atoms with van der Waals surface area (Å²) < 4.78 is 30.6. The Morgan fingerprint density at radius 3 is 2.27 bits per heavy atom. The Bertz CT molecular complexity index is 1000. The molecule has 1 fully saturated rings. The Balaban J connectivity index is 1.90. The monoisotopic (exact) mass is 431 g/mol. The topological polar surface area (TPSA) is 96.0 Å². The Hall–Kier alpha value is -2.75. The van der Waals surface area contributed by atoms with E-state index in [0.29, 0.717) is 43.1 Å². The van der Waals surface area contributed by atoms with Crippen molar-refractivity contribution in [2.45, 2.75) is 6.04 Å². The molecule has 1 aliphatic rings. The molecule has 0 spiro atoms. The highest BCUT2D eigenvalue weighted by Gasteiger charge is 2.31. The third-order valence-electron chi connectivity index (χ3n) is 4.96. The molecule has 1 saturated heterocycles. The fraction of sp³-hybridized carbons (Fsp3) is 0.333. The van der Waals surface area contributed by atoms with Gasteiger partial charge in [-0.15, -0.1) is 0 Å². The van der Waals surface area contributed by atoms with Gasteiger partial charge >= 0.3 is 0 Å². The maximum atomic E-state index is 13.2. The molecule has 2 aromatic rings. The van der Waals surface area contributed by atoms with Crippen LogP contribution in [0.1, 0.15) is 22.0 Å². The average Bonchev–Trinajstić information content (AvgIpc) is 2.74. The summed E-state index contributed by atoms with van der Waals surface area (Å²) >= 11 is 0. The first kappa shape index (κ1) is 21.9. The van der Waals surface area contributed by atoms with E-state index in [9.17, 15) is 18.0 Å². The van der Waals surface area contributed by atoms with Crippen LogP contribution >= 0.6 is 0 Å². The number of rotatable bonds is 6. The van der Waals surface area contributed by atoms with Crippen molar-refractivity contribution in [1.29, 1.82) is 0 Å². The summed E-state index contributed by atoms with van der Waals surface area (Å²) in [6.07, 6.45) is 1.05. The number of carbonyl (C=O) groups is 2. The lowest BCUT2D eigenvalue weighted by Crippen LogP contribution is -2.41. The first-order valence-corrected chi connectivity index (χ1v) is 11.4. The van der Waals surface area contributed by atoms with Crippen LogP contribution in [0.25, 0.3) is 0 Å². The number of sulfonamides is 1. The van der Waals surface area contributed by atoms with Gasteiger partial charge in [0.2, 0.25) is 15.9 Å². The lowest BCUT2D eigenvalue weighted by atomic mass is 10.1. The summed E-state index contributed by atoms with van der Waals surface area (Å²) in [5.41, 5.74) is 1.21. The van der Waals surface area contributed by atoms with E-state index in [2.05, 4.69) is 5.32 Å². The van der Waals surface area contributed by atoms with Gasteiger partial charge in [-0.3, -0.25) is 9.59 Å². The molecule has 0 saturated carbocycles. The summed E-state index contributed by atoms with van der Waals surface area (Å²) in [6, 6.07) is 14.3. The minimum absolute atomic E-state index is 0.207. The number of likely N-dealkylation sites (N-methyl/N-ethyl adjacent to an activating group) is 1. The SMILES string of the molecule is CN([C@@H](C(=O)Nc1ccccc1C(=O)N1CCOCC1)c1ccccc1)S(C)(=O)=O. The Morgan fingerprint density at radius 1 is 1.03 bits per heavy atom. The molecular formula is C21H25N3O5S. The Labute approximate surface area is 176 Å². The van der Waals surface area contributed by atoms with E-state index in [0.717, 1.165) is 10.6 Å². The number of ether oxygens (including phenoxy) is 1. The van der Waals surface area contributed by atoms with Crippen LogP contribution in [0.2, 0.25) is 0 Å². The molecule has 9 heteroatoms. The summed E-state index contributed by atoms with van der Waals surface area (Å²) in [5, 5.41) is 2.76. The number of anilines is 1. The van der Waals surface area contributed by atoms with Crippen molar-refractivity contribution in [2.75, 3.05) is 44.9 Å². The van der Waals surface area contributed by atoms with Gasteiger partial charge in [-0.1, -0.05) is 42.5 Å². The van der Waals surface area contributed by atoms with Gasteiger partial charge in [0.05, 0.1) is 30.7 Å². The zero-order valence-electron chi connectivity index (χ0n) is 16.9. The highest BCUT2D eigenvalue weighted by atomic mass is 32.2. The van der Waals surface area contributed by atoms with Crippen LogP contribution in [0.5, 0.6) is 0 Å².